The van der Waals surface area contributed by atoms with E-state index in [4.69, 9.17) is 0 Å². The molecule has 0 saturated heterocycles. The van der Waals surface area contributed by atoms with Crippen molar-refractivity contribution in [1.82, 2.24) is 5.32 Å². The summed E-state index contributed by atoms with van der Waals surface area (Å²) in [4.78, 5) is 0. The van der Waals surface area contributed by atoms with E-state index in [1.165, 1.54) is 11.1 Å². The van der Waals surface area contributed by atoms with Crippen LogP contribution in [0.25, 0.3) is 0 Å². The quantitative estimate of drug-likeness (QED) is 0.764. The first-order valence-electron chi connectivity index (χ1n) is 7.32. The third kappa shape index (κ3) is 4.59. The predicted octanol–water partition coefficient (Wildman–Crippen LogP) is 3.17. The second-order valence-electron chi connectivity index (χ2n) is 5.56. The summed E-state index contributed by atoms with van der Waals surface area (Å²) in [5.74, 6) is 0.300. The van der Waals surface area contributed by atoms with E-state index >= 15 is 0 Å². The van der Waals surface area contributed by atoms with Crippen molar-refractivity contribution in [3.8, 4) is 5.75 Å². The molecule has 2 atom stereocenters. The van der Waals surface area contributed by atoms with Crippen molar-refractivity contribution in [2.24, 2.45) is 0 Å². The van der Waals surface area contributed by atoms with Gasteiger partial charge in [0.2, 0.25) is 0 Å². The molecule has 0 amide bonds. The molecule has 2 unspecified atom stereocenters. The summed E-state index contributed by atoms with van der Waals surface area (Å²) in [6.07, 6.45) is 0.907. The van der Waals surface area contributed by atoms with Gasteiger partial charge in [0.25, 0.3) is 0 Å². The third-order valence-corrected chi connectivity index (χ3v) is 3.65. The molecule has 112 valence electrons. The van der Waals surface area contributed by atoms with E-state index < -0.39 is 0 Å². The zero-order valence-electron chi connectivity index (χ0n) is 12.6. The fourth-order valence-electron chi connectivity index (χ4n) is 2.53. The highest BCUT2D eigenvalue weighted by Crippen LogP contribution is 2.17. The minimum Gasteiger partial charge on any atom is -0.508 e. The fourth-order valence-corrected chi connectivity index (χ4v) is 2.53. The van der Waals surface area contributed by atoms with E-state index in [9.17, 15) is 10.2 Å². The smallest absolute Gasteiger partial charge is 0.115 e. The highest BCUT2D eigenvalue weighted by atomic mass is 16.3. The number of phenols is 1. The van der Waals surface area contributed by atoms with Crippen molar-refractivity contribution >= 4 is 0 Å². The van der Waals surface area contributed by atoms with Crippen LogP contribution in [0.15, 0.2) is 48.5 Å². The lowest BCUT2D eigenvalue weighted by Crippen LogP contribution is -2.30. The van der Waals surface area contributed by atoms with Crippen LogP contribution in [0.2, 0.25) is 0 Å². The van der Waals surface area contributed by atoms with Crippen molar-refractivity contribution in [3.63, 3.8) is 0 Å². The normalized spacial score (nSPS) is 13.9. The largest absolute Gasteiger partial charge is 0.508 e. The number of aliphatic hydroxyl groups excluding tert-OH is 1. The summed E-state index contributed by atoms with van der Waals surface area (Å²) in [6, 6.07) is 15.9. The minimum absolute atomic E-state index is 0.0730. The summed E-state index contributed by atoms with van der Waals surface area (Å²) in [5.41, 5.74) is 3.32. The first kappa shape index (κ1) is 15.5. The number of aromatic hydroxyl groups is 1. The highest BCUT2D eigenvalue weighted by molar-refractivity contribution is 5.27. The maximum atomic E-state index is 9.30. The Bertz CT molecular complexity index is 566. The molecule has 2 rings (SSSR count). The Hall–Kier alpha value is -1.84. The van der Waals surface area contributed by atoms with Gasteiger partial charge in [-0.1, -0.05) is 36.4 Å². The van der Waals surface area contributed by atoms with Gasteiger partial charge in [-0.15, -0.1) is 0 Å². The number of phenolic OH excluding ortho intramolecular Hbond substituents is 1. The number of nitrogens with one attached hydrogen (secondary N) is 1. The van der Waals surface area contributed by atoms with E-state index in [0.29, 0.717) is 11.8 Å². The molecule has 0 aliphatic carbocycles. The Balaban J connectivity index is 1.94. The molecule has 0 aromatic heterocycles. The molecule has 2 aromatic rings. The van der Waals surface area contributed by atoms with Crippen LogP contribution < -0.4 is 5.32 Å². The Morgan fingerprint density at radius 1 is 1.00 bits per heavy atom. The Kier molecular flexibility index (Phi) is 5.37. The average molecular weight is 285 g/mol. The summed E-state index contributed by atoms with van der Waals surface area (Å²) >= 11 is 0. The SMILES string of the molecule is CC(Cc1ccc(O)cc1)NC(C)c1cccc(CO)c1. The van der Waals surface area contributed by atoms with Gasteiger partial charge in [0.1, 0.15) is 5.75 Å². The fraction of sp³-hybridized carbons (Fsp3) is 0.333. The van der Waals surface area contributed by atoms with Crippen molar-refractivity contribution in [3.05, 3.63) is 65.2 Å². The zero-order valence-corrected chi connectivity index (χ0v) is 12.6. The van der Waals surface area contributed by atoms with Crippen molar-refractivity contribution in [2.45, 2.75) is 39.0 Å². The third-order valence-electron chi connectivity index (χ3n) is 3.65. The maximum Gasteiger partial charge on any atom is 0.115 e. The Morgan fingerprint density at radius 3 is 2.38 bits per heavy atom. The van der Waals surface area contributed by atoms with E-state index in [2.05, 4.69) is 25.2 Å². The molecular weight excluding hydrogens is 262 g/mol. The van der Waals surface area contributed by atoms with Crippen LogP contribution in [0.3, 0.4) is 0 Å². The van der Waals surface area contributed by atoms with Crippen molar-refractivity contribution in [1.29, 1.82) is 0 Å². The van der Waals surface area contributed by atoms with Crippen LogP contribution >= 0.6 is 0 Å². The molecule has 0 spiro atoms. The van der Waals surface area contributed by atoms with E-state index in [1.807, 2.05) is 30.3 Å². The topological polar surface area (TPSA) is 52.5 Å². The second kappa shape index (κ2) is 7.25. The number of rotatable bonds is 6. The second-order valence-corrected chi connectivity index (χ2v) is 5.56. The van der Waals surface area contributed by atoms with Crippen molar-refractivity contribution in [2.75, 3.05) is 0 Å². The molecule has 0 saturated carbocycles. The molecule has 0 heterocycles. The van der Waals surface area contributed by atoms with Crippen molar-refractivity contribution < 1.29 is 10.2 Å². The molecule has 0 radical (unpaired) electrons. The number of benzene rings is 2. The average Bonchev–Trinajstić information content (AvgIpc) is 2.49. The minimum atomic E-state index is 0.0730. The number of hydrogen-bond donors (Lipinski definition) is 3. The van der Waals surface area contributed by atoms with Crippen LogP contribution in [0, 0.1) is 0 Å². The van der Waals surface area contributed by atoms with Crippen LogP contribution in [-0.4, -0.2) is 16.3 Å². The molecule has 3 heteroatoms. The highest BCUT2D eigenvalue weighted by Gasteiger charge is 2.10. The van der Waals surface area contributed by atoms with Crippen LogP contribution in [0.1, 0.15) is 36.6 Å². The Morgan fingerprint density at radius 2 is 1.71 bits per heavy atom. The first-order chi connectivity index (χ1) is 10.1. The van der Waals surface area contributed by atoms with Gasteiger partial charge in [0.05, 0.1) is 6.61 Å². The molecule has 0 aliphatic rings. The van der Waals surface area contributed by atoms with Gasteiger partial charge >= 0.3 is 0 Å². The molecule has 0 bridgehead atoms. The van der Waals surface area contributed by atoms with Gasteiger partial charge in [-0.05, 0) is 49.1 Å². The summed E-state index contributed by atoms with van der Waals surface area (Å²) in [6.45, 7) is 4.35. The van der Waals surface area contributed by atoms with E-state index in [-0.39, 0.29) is 12.6 Å². The molecule has 0 aliphatic heterocycles. The molecule has 2 aromatic carbocycles. The maximum absolute atomic E-state index is 9.30. The lowest BCUT2D eigenvalue weighted by atomic mass is 10.0. The molecule has 3 nitrogen and oxygen atoms in total. The summed E-state index contributed by atoms with van der Waals surface area (Å²) in [5, 5.41) is 22.1. The van der Waals surface area contributed by atoms with E-state index in [1.54, 1.807) is 12.1 Å². The molecule has 0 fully saturated rings. The van der Waals surface area contributed by atoms with E-state index in [0.717, 1.165) is 12.0 Å². The van der Waals surface area contributed by atoms with Crippen LogP contribution in [-0.2, 0) is 13.0 Å². The molecule has 21 heavy (non-hydrogen) atoms. The van der Waals surface area contributed by atoms with Gasteiger partial charge in [-0.3, -0.25) is 0 Å². The van der Waals surface area contributed by atoms with Gasteiger partial charge in [-0.2, -0.15) is 0 Å². The first-order valence-corrected chi connectivity index (χ1v) is 7.32. The van der Waals surface area contributed by atoms with Crippen LogP contribution in [0.4, 0.5) is 0 Å². The van der Waals surface area contributed by atoms with Gasteiger partial charge in [0.15, 0.2) is 0 Å². The van der Waals surface area contributed by atoms with Gasteiger partial charge in [-0.25, -0.2) is 0 Å². The lowest BCUT2D eigenvalue weighted by molar-refractivity contribution is 0.281. The standard InChI is InChI=1S/C18H23NO2/c1-13(10-15-6-8-18(21)9-7-15)19-14(2)17-5-3-4-16(11-17)12-20/h3-9,11,13-14,19-21H,10,12H2,1-2H3. The number of aliphatic hydroxyl groups is 1. The molecule has 3 N–H and O–H groups in total. The zero-order chi connectivity index (χ0) is 15.2. The summed E-state index contributed by atoms with van der Waals surface area (Å²) in [7, 11) is 0. The summed E-state index contributed by atoms with van der Waals surface area (Å²) < 4.78 is 0. The molecular formula is C18H23NO2. The predicted molar refractivity (Wildman–Crippen MR) is 85.2 cm³/mol. The lowest BCUT2D eigenvalue weighted by Gasteiger charge is -2.21. The monoisotopic (exact) mass is 285 g/mol. The van der Waals surface area contributed by atoms with Gasteiger partial charge in [0, 0.05) is 12.1 Å². The number of hydrogen-bond acceptors (Lipinski definition) is 3. The van der Waals surface area contributed by atoms with Crippen LogP contribution in [0.5, 0.6) is 5.75 Å². The van der Waals surface area contributed by atoms with Gasteiger partial charge < -0.3 is 15.5 Å². The Labute approximate surface area is 126 Å².